The van der Waals surface area contributed by atoms with Crippen LogP contribution in [0.3, 0.4) is 0 Å². The van der Waals surface area contributed by atoms with Crippen LogP contribution >= 0.6 is 0 Å². The molecule has 2 aliphatic heterocycles. The summed E-state index contributed by atoms with van der Waals surface area (Å²) in [5, 5.41) is 2.74. The maximum Gasteiger partial charge on any atom is 0.257 e. The van der Waals surface area contributed by atoms with Crippen molar-refractivity contribution in [3.05, 3.63) is 23.8 Å². The lowest BCUT2D eigenvalue weighted by Crippen LogP contribution is -2.52. The average molecular weight is 521 g/mol. The second kappa shape index (κ2) is 13.7. The lowest BCUT2D eigenvalue weighted by atomic mass is 10.0. The lowest BCUT2D eigenvalue weighted by molar-refractivity contribution is -0.137. The van der Waals surface area contributed by atoms with E-state index in [1.807, 2.05) is 18.7 Å². The van der Waals surface area contributed by atoms with Crippen molar-refractivity contribution in [2.75, 3.05) is 85.7 Å². The molecule has 0 aromatic heterocycles. The number of nitrogens with one attached hydrogen (secondary N) is 1. The highest BCUT2D eigenvalue weighted by Gasteiger charge is 2.31. The van der Waals surface area contributed by atoms with Crippen molar-refractivity contribution in [1.82, 2.24) is 14.7 Å². The fourth-order valence-corrected chi connectivity index (χ4v) is 4.57. The second-order valence-corrected chi connectivity index (χ2v) is 9.72. The van der Waals surface area contributed by atoms with Crippen LogP contribution in [0.5, 0.6) is 5.75 Å². The van der Waals surface area contributed by atoms with Gasteiger partial charge < -0.3 is 34.1 Å². The molecule has 206 valence electrons. The quantitative estimate of drug-likeness (QED) is 0.590. The van der Waals surface area contributed by atoms with Crippen LogP contribution in [0.15, 0.2) is 18.2 Å². The first-order valence-corrected chi connectivity index (χ1v) is 12.7. The van der Waals surface area contributed by atoms with Gasteiger partial charge >= 0.3 is 0 Å². The number of fused-ring (bicyclic) bond motifs is 1. The molecule has 1 aromatic carbocycles. The molecule has 1 aromatic rings. The molecule has 3 amide bonds. The number of ether oxygens (including phenoxy) is 4. The van der Waals surface area contributed by atoms with Crippen molar-refractivity contribution in [3.63, 3.8) is 0 Å². The van der Waals surface area contributed by atoms with Crippen molar-refractivity contribution in [2.45, 2.75) is 26.0 Å². The third kappa shape index (κ3) is 7.88. The number of likely N-dealkylation sites (N-methyl/N-ethyl adjacent to an activating group) is 1. The van der Waals surface area contributed by atoms with Gasteiger partial charge in [-0.3, -0.25) is 19.3 Å². The molecule has 2 heterocycles. The Balaban J connectivity index is 1.88. The first kappa shape index (κ1) is 28.8. The van der Waals surface area contributed by atoms with Crippen molar-refractivity contribution in [3.8, 4) is 5.75 Å². The molecule has 0 spiro atoms. The van der Waals surface area contributed by atoms with E-state index >= 15 is 0 Å². The fourth-order valence-electron chi connectivity index (χ4n) is 4.57. The van der Waals surface area contributed by atoms with E-state index in [4.69, 9.17) is 18.9 Å². The van der Waals surface area contributed by atoms with Gasteiger partial charge in [0.25, 0.3) is 5.91 Å². The van der Waals surface area contributed by atoms with Crippen LogP contribution in [-0.2, 0) is 23.8 Å². The summed E-state index contributed by atoms with van der Waals surface area (Å²) in [6.07, 6.45) is -0.267. The highest BCUT2D eigenvalue weighted by Crippen LogP contribution is 2.27. The van der Waals surface area contributed by atoms with Gasteiger partial charge in [-0.15, -0.1) is 0 Å². The maximum atomic E-state index is 13.5. The zero-order valence-corrected chi connectivity index (χ0v) is 22.5. The molecule has 11 heteroatoms. The van der Waals surface area contributed by atoms with E-state index in [1.54, 1.807) is 37.3 Å². The fraction of sp³-hybridized carbons (Fsp3) is 0.654. The third-order valence-electron chi connectivity index (χ3n) is 6.79. The molecule has 1 saturated heterocycles. The molecule has 11 nitrogen and oxygen atoms in total. The molecule has 0 unspecified atom stereocenters. The van der Waals surface area contributed by atoms with Crippen molar-refractivity contribution in [2.24, 2.45) is 5.92 Å². The first-order valence-electron chi connectivity index (χ1n) is 12.7. The van der Waals surface area contributed by atoms with Gasteiger partial charge in [0.2, 0.25) is 11.8 Å². The van der Waals surface area contributed by atoms with Gasteiger partial charge in [-0.05, 0) is 19.1 Å². The van der Waals surface area contributed by atoms with Gasteiger partial charge in [-0.2, -0.15) is 0 Å². The van der Waals surface area contributed by atoms with Crippen molar-refractivity contribution in [1.29, 1.82) is 0 Å². The SMILES string of the molecule is COCC(=O)Nc1ccc2c(c1)OC[C@@H](C)N(C(=O)CN1CCOCC1)C[C@@H](C)[C@H](OC)CN(C)C2=O. The van der Waals surface area contributed by atoms with E-state index in [9.17, 15) is 14.4 Å². The summed E-state index contributed by atoms with van der Waals surface area (Å²) in [5.41, 5.74) is 0.855. The van der Waals surface area contributed by atoms with Crippen LogP contribution in [0.2, 0.25) is 0 Å². The van der Waals surface area contributed by atoms with Gasteiger partial charge in [0.05, 0.1) is 37.5 Å². The summed E-state index contributed by atoms with van der Waals surface area (Å²) < 4.78 is 22.2. The minimum atomic E-state index is -0.316. The first-order chi connectivity index (χ1) is 17.7. The largest absolute Gasteiger partial charge is 0.491 e. The van der Waals surface area contributed by atoms with E-state index in [2.05, 4.69) is 10.2 Å². The van der Waals surface area contributed by atoms with Gasteiger partial charge in [0, 0.05) is 65.1 Å². The number of amides is 3. The normalized spacial score (nSPS) is 23.9. The van der Waals surface area contributed by atoms with E-state index < -0.39 is 0 Å². The van der Waals surface area contributed by atoms with Crippen LogP contribution in [0.1, 0.15) is 24.2 Å². The zero-order chi connectivity index (χ0) is 26.9. The molecule has 1 fully saturated rings. The molecular weight excluding hydrogens is 480 g/mol. The zero-order valence-electron chi connectivity index (χ0n) is 22.5. The number of rotatable bonds is 6. The number of nitrogens with zero attached hydrogens (tertiary/aromatic N) is 3. The van der Waals surface area contributed by atoms with Crippen LogP contribution in [-0.4, -0.2) is 125 Å². The molecule has 0 radical (unpaired) electrons. The van der Waals surface area contributed by atoms with Gasteiger partial charge in [0.1, 0.15) is 19.0 Å². The van der Waals surface area contributed by atoms with Crippen molar-refractivity contribution >= 4 is 23.4 Å². The molecule has 3 atom stereocenters. The van der Waals surface area contributed by atoms with E-state index in [0.717, 1.165) is 13.1 Å². The Labute approximate surface area is 218 Å². The van der Waals surface area contributed by atoms with E-state index in [1.165, 1.54) is 7.11 Å². The number of methoxy groups -OCH3 is 2. The minimum Gasteiger partial charge on any atom is -0.491 e. The van der Waals surface area contributed by atoms with Crippen LogP contribution in [0.25, 0.3) is 0 Å². The van der Waals surface area contributed by atoms with Crippen molar-refractivity contribution < 1.29 is 33.3 Å². The molecule has 2 aliphatic rings. The number of hydrogen-bond donors (Lipinski definition) is 1. The summed E-state index contributed by atoms with van der Waals surface area (Å²) in [5.74, 6) is -0.200. The highest BCUT2D eigenvalue weighted by molar-refractivity contribution is 5.98. The maximum absolute atomic E-state index is 13.5. The summed E-state index contributed by atoms with van der Waals surface area (Å²) in [6.45, 7) is 7.87. The summed E-state index contributed by atoms with van der Waals surface area (Å²) in [4.78, 5) is 44.4. The standard InChI is InChI=1S/C26H40N4O7/c1-18-13-30(25(32)15-29-8-10-36-11-9-29)19(2)16-37-22-12-20(27-24(31)17-34-4)6-7-21(22)26(33)28(3)14-23(18)35-5/h6-7,12,18-19,23H,8-11,13-17H2,1-5H3,(H,27,31)/t18-,19-,23-/m1/s1. The predicted molar refractivity (Wildman–Crippen MR) is 138 cm³/mol. The van der Waals surface area contributed by atoms with E-state index in [0.29, 0.717) is 49.8 Å². The minimum absolute atomic E-state index is 0.0157. The molecule has 0 saturated carbocycles. The number of carbonyl (C=O) groups excluding carboxylic acids is 3. The Kier molecular flexibility index (Phi) is 10.7. The third-order valence-corrected chi connectivity index (χ3v) is 6.79. The lowest BCUT2D eigenvalue weighted by Gasteiger charge is -2.37. The summed E-state index contributed by atoms with van der Waals surface area (Å²) >= 11 is 0. The number of carbonyl (C=O) groups is 3. The Bertz CT molecular complexity index is 938. The average Bonchev–Trinajstić information content (AvgIpc) is 2.88. The number of morpholine rings is 1. The molecule has 0 aliphatic carbocycles. The van der Waals surface area contributed by atoms with Gasteiger partial charge in [-0.1, -0.05) is 6.92 Å². The van der Waals surface area contributed by atoms with Crippen LogP contribution in [0.4, 0.5) is 5.69 Å². The molecule has 1 N–H and O–H groups in total. The number of hydrogen-bond acceptors (Lipinski definition) is 8. The molecular formula is C26H40N4O7. The van der Waals surface area contributed by atoms with Crippen LogP contribution in [0, 0.1) is 5.92 Å². The summed E-state index contributed by atoms with van der Waals surface area (Å²) in [6, 6.07) is 4.66. The Morgan fingerprint density at radius 1 is 1.14 bits per heavy atom. The molecule has 37 heavy (non-hydrogen) atoms. The summed E-state index contributed by atoms with van der Waals surface area (Å²) in [7, 11) is 4.78. The monoisotopic (exact) mass is 520 g/mol. The predicted octanol–water partition coefficient (Wildman–Crippen LogP) is 0.936. The Hall–Kier alpha value is -2.73. The highest BCUT2D eigenvalue weighted by atomic mass is 16.5. The smallest absolute Gasteiger partial charge is 0.257 e. The molecule has 3 rings (SSSR count). The second-order valence-electron chi connectivity index (χ2n) is 9.72. The molecule has 0 bridgehead atoms. The van der Waals surface area contributed by atoms with E-state index in [-0.39, 0.29) is 49.0 Å². The van der Waals surface area contributed by atoms with Gasteiger partial charge in [-0.25, -0.2) is 0 Å². The number of benzene rings is 1. The Morgan fingerprint density at radius 3 is 2.54 bits per heavy atom. The number of anilines is 1. The topological polar surface area (TPSA) is 110 Å². The van der Waals surface area contributed by atoms with Gasteiger partial charge in [0.15, 0.2) is 0 Å². The Morgan fingerprint density at radius 2 is 1.86 bits per heavy atom. The van der Waals surface area contributed by atoms with Crippen LogP contribution < -0.4 is 10.1 Å².